The first-order chi connectivity index (χ1) is 14.1. The number of hydrogen-bond acceptors (Lipinski definition) is 5. The molecule has 1 aliphatic heterocycles. The monoisotopic (exact) mass is 526 g/mol. The Labute approximate surface area is 195 Å². The van der Waals surface area contributed by atoms with Crippen LogP contribution in [0.2, 0.25) is 0 Å². The van der Waals surface area contributed by atoms with E-state index in [2.05, 4.69) is 38.7 Å². The smallest absolute Gasteiger partial charge is 0.231 e. The van der Waals surface area contributed by atoms with Crippen molar-refractivity contribution in [1.82, 2.24) is 15.5 Å². The molecule has 30 heavy (non-hydrogen) atoms. The van der Waals surface area contributed by atoms with Gasteiger partial charge in [0.25, 0.3) is 0 Å². The third-order valence-corrected chi connectivity index (χ3v) is 4.53. The number of ether oxygens (including phenoxy) is 3. The Morgan fingerprint density at radius 3 is 2.70 bits per heavy atom. The number of halogens is 1. The molecule has 0 bridgehead atoms. The molecule has 2 aromatic carbocycles. The Morgan fingerprint density at radius 2 is 1.90 bits per heavy atom. The number of benzene rings is 2. The molecule has 7 nitrogen and oxygen atoms in total. The minimum atomic E-state index is 0. The summed E-state index contributed by atoms with van der Waals surface area (Å²) in [6.07, 6.45) is 0.868. The van der Waals surface area contributed by atoms with E-state index < -0.39 is 0 Å². The van der Waals surface area contributed by atoms with E-state index >= 15 is 0 Å². The first-order valence-corrected chi connectivity index (χ1v) is 9.83. The lowest BCUT2D eigenvalue weighted by atomic mass is 10.1. The second-order valence-corrected chi connectivity index (χ2v) is 7.09. The Kier molecular flexibility index (Phi) is 10.0. The van der Waals surface area contributed by atoms with Crippen molar-refractivity contribution in [1.29, 1.82) is 0 Å². The molecule has 164 valence electrons. The van der Waals surface area contributed by atoms with E-state index in [1.807, 2.05) is 38.4 Å². The summed E-state index contributed by atoms with van der Waals surface area (Å²) < 4.78 is 16.6. The van der Waals surface area contributed by atoms with Gasteiger partial charge >= 0.3 is 0 Å². The van der Waals surface area contributed by atoms with Crippen LogP contribution in [0.25, 0.3) is 0 Å². The van der Waals surface area contributed by atoms with Gasteiger partial charge in [-0.2, -0.15) is 0 Å². The van der Waals surface area contributed by atoms with Crippen molar-refractivity contribution in [3.63, 3.8) is 0 Å². The fraction of sp³-hybridized carbons (Fsp3) is 0.409. The summed E-state index contributed by atoms with van der Waals surface area (Å²) in [5.41, 5.74) is 2.34. The molecule has 0 fully saturated rings. The van der Waals surface area contributed by atoms with E-state index in [0.29, 0.717) is 19.9 Å². The summed E-state index contributed by atoms with van der Waals surface area (Å²) >= 11 is 0. The maximum absolute atomic E-state index is 5.80. The van der Waals surface area contributed by atoms with Gasteiger partial charge in [0.05, 0.1) is 0 Å². The highest BCUT2D eigenvalue weighted by atomic mass is 127. The minimum absolute atomic E-state index is 0. The number of rotatable bonds is 9. The number of fused-ring (bicyclic) bond motifs is 1. The van der Waals surface area contributed by atoms with Gasteiger partial charge in [-0.3, -0.25) is 4.99 Å². The molecular formula is C22H31IN4O3. The molecule has 0 atom stereocenters. The van der Waals surface area contributed by atoms with Crippen molar-refractivity contribution >= 4 is 29.9 Å². The lowest BCUT2D eigenvalue weighted by molar-refractivity contribution is 0.174. The quantitative estimate of drug-likeness (QED) is 0.298. The van der Waals surface area contributed by atoms with Crippen LogP contribution in [0.15, 0.2) is 47.5 Å². The average molecular weight is 526 g/mol. The zero-order valence-electron chi connectivity index (χ0n) is 17.8. The third-order valence-electron chi connectivity index (χ3n) is 4.53. The number of hydrogen-bond donors (Lipinski definition) is 2. The number of nitrogens with zero attached hydrogens (tertiary/aromatic N) is 2. The average Bonchev–Trinajstić information content (AvgIpc) is 3.18. The first kappa shape index (κ1) is 24.1. The molecule has 0 unspecified atom stereocenters. The van der Waals surface area contributed by atoms with Crippen molar-refractivity contribution in [2.24, 2.45) is 4.99 Å². The van der Waals surface area contributed by atoms with Crippen LogP contribution in [-0.2, 0) is 13.0 Å². The minimum Gasteiger partial charge on any atom is -0.492 e. The highest BCUT2D eigenvalue weighted by molar-refractivity contribution is 14.0. The van der Waals surface area contributed by atoms with E-state index in [1.54, 1.807) is 7.05 Å². The largest absolute Gasteiger partial charge is 0.492 e. The van der Waals surface area contributed by atoms with Crippen molar-refractivity contribution in [2.45, 2.75) is 13.0 Å². The molecule has 0 aromatic heterocycles. The highest BCUT2D eigenvalue weighted by Gasteiger charge is 2.13. The van der Waals surface area contributed by atoms with Crippen molar-refractivity contribution in [3.05, 3.63) is 53.6 Å². The van der Waals surface area contributed by atoms with Gasteiger partial charge in [-0.15, -0.1) is 24.0 Å². The summed E-state index contributed by atoms with van der Waals surface area (Å²) in [5.74, 6) is 3.28. The van der Waals surface area contributed by atoms with Crippen LogP contribution in [0.4, 0.5) is 0 Å². The van der Waals surface area contributed by atoms with Gasteiger partial charge in [-0.1, -0.05) is 18.2 Å². The summed E-state index contributed by atoms with van der Waals surface area (Å²) in [4.78, 5) is 6.40. The maximum Gasteiger partial charge on any atom is 0.231 e. The highest BCUT2D eigenvalue weighted by Crippen LogP contribution is 2.32. The lowest BCUT2D eigenvalue weighted by Gasteiger charge is -2.14. The topological polar surface area (TPSA) is 67.4 Å². The zero-order chi connectivity index (χ0) is 20.5. The molecule has 1 aliphatic rings. The molecule has 0 spiro atoms. The summed E-state index contributed by atoms with van der Waals surface area (Å²) in [6, 6.07) is 14.2. The van der Waals surface area contributed by atoms with Gasteiger partial charge in [0.2, 0.25) is 6.79 Å². The van der Waals surface area contributed by atoms with Crippen LogP contribution in [0.1, 0.15) is 11.1 Å². The zero-order valence-corrected chi connectivity index (χ0v) is 20.1. The van der Waals surface area contributed by atoms with Crippen LogP contribution < -0.4 is 24.8 Å². The molecule has 2 aromatic rings. The Morgan fingerprint density at radius 1 is 1.07 bits per heavy atom. The number of nitrogens with one attached hydrogen (secondary N) is 2. The second-order valence-electron chi connectivity index (χ2n) is 7.09. The van der Waals surface area contributed by atoms with Gasteiger partial charge in [-0.05, 0) is 55.9 Å². The van der Waals surface area contributed by atoms with Crippen LogP contribution in [0.3, 0.4) is 0 Å². The predicted molar refractivity (Wildman–Crippen MR) is 130 cm³/mol. The van der Waals surface area contributed by atoms with Crippen molar-refractivity contribution < 1.29 is 14.2 Å². The lowest BCUT2D eigenvalue weighted by Crippen LogP contribution is -2.37. The molecule has 0 saturated carbocycles. The molecule has 1 heterocycles. The second kappa shape index (κ2) is 12.5. The normalized spacial score (nSPS) is 12.5. The van der Waals surface area contributed by atoms with Crippen LogP contribution in [-0.4, -0.2) is 58.5 Å². The molecule has 0 aliphatic carbocycles. The van der Waals surface area contributed by atoms with Gasteiger partial charge < -0.3 is 29.7 Å². The summed E-state index contributed by atoms with van der Waals surface area (Å²) in [5, 5.41) is 6.69. The van der Waals surface area contributed by atoms with Crippen LogP contribution >= 0.6 is 24.0 Å². The molecule has 8 heteroatoms. The standard InChI is InChI=1S/C22H30N4O3.HI/c1-23-22(24-10-9-17-7-8-20-21(14-17)29-16-28-20)25-15-18-5-4-6-19(13-18)27-12-11-26(2)3;/h4-8,13-14H,9-12,15-16H2,1-3H3,(H2,23,24,25);1H. The molecule has 2 N–H and O–H groups in total. The van der Waals surface area contributed by atoms with Crippen LogP contribution in [0, 0.1) is 0 Å². The van der Waals surface area contributed by atoms with E-state index in [-0.39, 0.29) is 24.0 Å². The molecule has 0 amide bonds. The van der Waals surface area contributed by atoms with Crippen molar-refractivity contribution in [2.75, 3.05) is 47.6 Å². The van der Waals surface area contributed by atoms with Gasteiger partial charge in [0.1, 0.15) is 12.4 Å². The number of aliphatic imine (C=N–C) groups is 1. The fourth-order valence-corrected chi connectivity index (χ4v) is 2.92. The van der Waals surface area contributed by atoms with Gasteiger partial charge in [-0.25, -0.2) is 0 Å². The molecular weight excluding hydrogens is 495 g/mol. The number of guanidine groups is 1. The van der Waals surface area contributed by atoms with Crippen molar-refractivity contribution in [3.8, 4) is 17.2 Å². The SMILES string of the molecule is CN=C(NCCc1ccc2c(c1)OCO2)NCc1cccc(OCCN(C)C)c1.I. The summed E-state index contributed by atoms with van der Waals surface area (Å²) in [6.45, 7) is 3.31. The number of likely N-dealkylation sites (N-methyl/N-ethyl adjacent to an activating group) is 1. The van der Waals surface area contributed by atoms with Crippen LogP contribution in [0.5, 0.6) is 17.2 Å². The first-order valence-electron chi connectivity index (χ1n) is 9.83. The predicted octanol–water partition coefficient (Wildman–Crippen LogP) is 2.88. The van der Waals surface area contributed by atoms with E-state index in [1.165, 1.54) is 5.56 Å². The van der Waals surface area contributed by atoms with E-state index in [9.17, 15) is 0 Å². The maximum atomic E-state index is 5.80. The fourth-order valence-electron chi connectivity index (χ4n) is 2.92. The summed E-state index contributed by atoms with van der Waals surface area (Å²) in [7, 11) is 5.85. The Bertz CT molecular complexity index is 830. The third kappa shape index (κ3) is 7.56. The van der Waals surface area contributed by atoms with Gasteiger partial charge in [0.15, 0.2) is 17.5 Å². The molecule has 0 radical (unpaired) electrons. The Hall–Kier alpha value is -2.20. The van der Waals surface area contributed by atoms with E-state index in [4.69, 9.17) is 14.2 Å². The Balaban J connectivity index is 0.00000320. The molecule has 3 rings (SSSR count). The van der Waals surface area contributed by atoms with E-state index in [0.717, 1.165) is 48.3 Å². The van der Waals surface area contributed by atoms with Gasteiger partial charge in [0, 0.05) is 26.7 Å². The molecule has 0 saturated heterocycles.